The first-order valence-electron chi connectivity index (χ1n) is 10.7. The van der Waals surface area contributed by atoms with Crippen molar-refractivity contribution >= 4 is 5.91 Å². The molecule has 1 aliphatic rings. The van der Waals surface area contributed by atoms with Gasteiger partial charge in [0, 0.05) is 37.2 Å². The predicted octanol–water partition coefficient (Wildman–Crippen LogP) is 4.95. The molecule has 31 heavy (non-hydrogen) atoms. The molecule has 0 radical (unpaired) electrons. The van der Waals surface area contributed by atoms with Crippen molar-refractivity contribution in [3.05, 3.63) is 103 Å². The molecule has 0 N–H and O–H groups in total. The van der Waals surface area contributed by atoms with Crippen molar-refractivity contribution in [1.29, 1.82) is 0 Å². The van der Waals surface area contributed by atoms with E-state index in [-0.39, 0.29) is 5.91 Å². The van der Waals surface area contributed by atoms with Gasteiger partial charge in [-0.2, -0.15) is 5.10 Å². The second kappa shape index (κ2) is 8.56. The molecular formula is C26H24N4O. The van der Waals surface area contributed by atoms with Gasteiger partial charge in [-0.25, -0.2) is 4.68 Å². The van der Waals surface area contributed by atoms with E-state index >= 15 is 0 Å². The number of pyridine rings is 1. The summed E-state index contributed by atoms with van der Waals surface area (Å²) in [5.74, 6) is 0.544. The third-order valence-corrected chi connectivity index (χ3v) is 5.95. The summed E-state index contributed by atoms with van der Waals surface area (Å²) in [7, 11) is 0. The first-order valence-corrected chi connectivity index (χ1v) is 10.7. The van der Waals surface area contributed by atoms with Crippen molar-refractivity contribution in [3.63, 3.8) is 0 Å². The van der Waals surface area contributed by atoms with E-state index < -0.39 is 0 Å². The number of carbonyl (C=O) groups excluding carboxylic acids is 1. The second-order valence-corrected chi connectivity index (χ2v) is 7.89. The van der Waals surface area contributed by atoms with Gasteiger partial charge in [0.1, 0.15) is 5.69 Å². The monoisotopic (exact) mass is 408 g/mol. The van der Waals surface area contributed by atoms with Crippen molar-refractivity contribution in [2.24, 2.45) is 0 Å². The molecular weight excluding hydrogens is 384 g/mol. The summed E-state index contributed by atoms with van der Waals surface area (Å²) in [5.41, 5.74) is 4.43. The van der Waals surface area contributed by atoms with Crippen LogP contribution in [0, 0.1) is 0 Å². The Labute approximate surface area is 182 Å². The van der Waals surface area contributed by atoms with E-state index in [1.807, 2.05) is 59.6 Å². The van der Waals surface area contributed by atoms with Gasteiger partial charge in [0.2, 0.25) is 0 Å². The molecule has 0 spiro atoms. The van der Waals surface area contributed by atoms with Crippen molar-refractivity contribution < 1.29 is 4.79 Å². The summed E-state index contributed by atoms with van der Waals surface area (Å²) in [6.07, 6.45) is 7.29. The zero-order valence-corrected chi connectivity index (χ0v) is 17.3. The van der Waals surface area contributed by atoms with Crippen molar-refractivity contribution in [2.45, 2.75) is 18.8 Å². The van der Waals surface area contributed by atoms with Gasteiger partial charge in [0.25, 0.3) is 5.91 Å². The third-order valence-electron chi connectivity index (χ3n) is 5.95. The van der Waals surface area contributed by atoms with Crippen LogP contribution in [0.2, 0.25) is 0 Å². The van der Waals surface area contributed by atoms with Crippen LogP contribution in [-0.2, 0) is 0 Å². The Hall–Kier alpha value is -3.73. The number of carbonyl (C=O) groups is 1. The van der Waals surface area contributed by atoms with Crippen LogP contribution in [0.15, 0.2) is 91.4 Å². The molecule has 0 saturated carbocycles. The highest BCUT2D eigenvalue weighted by Crippen LogP contribution is 2.30. The van der Waals surface area contributed by atoms with Crippen LogP contribution >= 0.6 is 0 Å². The predicted molar refractivity (Wildman–Crippen MR) is 121 cm³/mol. The van der Waals surface area contributed by atoms with Gasteiger partial charge in [-0.05, 0) is 48.6 Å². The Balaban J connectivity index is 1.42. The molecule has 3 heterocycles. The Kier molecular flexibility index (Phi) is 5.31. The molecule has 1 fully saturated rings. The maximum Gasteiger partial charge on any atom is 0.257 e. The lowest BCUT2D eigenvalue weighted by atomic mass is 9.89. The first kappa shape index (κ1) is 19.2. The number of hydrogen-bond donors (Lipinski definition) is 0. The van der Waals surface area contributed by atoms with Crippen LogP contribution in [0.4, 0.5) is 0 Å². The highest BCUT2D eigenvalue weighted by atomic mass is 16.2. The quantitative estimate of drug-likeness (QED) is 0.480. The van der Waals surface area contributed by atoms with E-state index in [9.17, 15) is 4.79 Å². The van der Waals surface area contributed by atoms with E-state index in [4.69, 9.17) is 5.10 Å². The van der Waals surface area contributed by atoms with Gasteiger partial charge >= 0.3 is 0 Å². The number of hydrogen-bond acceptors (Lipinski definition) is 3. The normalized spacial score (nSPS) is 14.5. The standard InChI is InChI=1S/C26H24N4O/c31-26(29-16-13-21(14-17-29)20-8-3-1-4-9-20)24-19-30(23-11-5-2-6-12-23)28-25(24)22-10-7-15-27-18-22/h1-12,15,18-19,21H,13-14,16-17H2. The lowest BCUT2D eigenvalue weighted by Crippen LogP contribution is -2.38. The summed E-state index contributed by atoms with van der Waals surface area (Å²) < 4.78 is 1.78. The summed E-state index contributed by atoms with van der Waals surface area (Å²) in [6, 6.07) is 24.3. The Bertz CT molecular complexity index is 1150. The van der Waals surface area contributed by atoms with Crippen LogP contribution in [0.1, 0.15) is 34.7 Å². The Morgan fingerprint density at radius 1 is 0.871 bits per heavy atom. The summed E-state index contributed by atoms with van der Waals surface area (Å²) in [6.45, 7) is 1.50. The van der Waals surface area contributed by atoms with Gasteiger partial charge in [-0.3, -0.25) is 9.78 Å². The van der Waals surface area contributed by atoms with Crippen LogP contribution in [0.25, 0.3) is 16.9 Å². The minimum Gasteiger partial charge on any atom is -0.338 e. The molecule has 154 valence electrons. The van der Waals surface area contributed by atoms with E-state index in [0.29, 0.717) is 17.2 Å². The fourth-order valence-corrected chi connectivity index (χ4v) is 4.27. The zero-order valence-electron chi connectivity index (χ0n) is 17.3. The second-order valence-electron chi connectivity index (χ2n) is 7.89. The van der Waals surface area contributed by atoms with Crippen LogP contribution in [0.3, 0.4) is 0 Å². The maximum atomic E-state index is 13.5. The van der Waals surface area contributed by atoms with Crippen molar-refractivity contribution in [1.82, 2.24) is 19.7 Å². The molecule has 0 unspecified atom stereocenters. The Morgan fingerprint density at radius 3 is 2.26 bits per heavy atom. The molecule has 5 heteroatoms. The molecule has 0 bridgehead atoms. The highest BCUT2D eigenvalue weighted by Gasteiger charge is 2.28. The molecule has 2 aromatic carbocycles. The van der Waals surface area contributed by atoms with Gasteiger partial charge in [0.15, 0.2) is 0 Å². The van der Waals surface area contributed by atoms with E-state index in [1.54, 1.807) is 17.1 Å². The maximum absolute atomic E-state index is 13.5. The molecule has 1 amide bonds. The fourth-order valence-electron chi connectivity index (χ4n) is 4.27. The fraction of sp³-hybridized carbons (Fsp3) is 0.192. The molecule has 0 aliphatic carbocycles. The molecule has 5 rings (SSSR count). The average Bonchev–Trinajstić information content (AvgIpc) is 3.31. The number of amides is 1. The van der Waals surface area contributed by atoms with Crippen molar-refractivity contribution in [3.8, 4) is 16.9 Å². The van der Waals surface area contributed by atoms with E-state index in [1.165, 1.54) is 5.56 Å². The van der Waals surface area contributed by atoms with Crippen molar-refractivity contribution in [2.75, 3.05) is 13.1 Å². The zero-order chi connectivity index (χ0) is 21.0. The van der Waals surface area contributed by atoms with Gasteiger partial charge < -0.3 is 4.90 Å². The van der Waals surface area contributed by atoms with E-state index in [0.717, 1.165) is 37.2 Å². The highest BCUT2D eigenvalue weighted by molar-refractivity contribution is 6.00. The number of para-hydroxylation sites is 1. The van der Waals surface area contributed by atoms with Crippen LogP contribution < -0.4 is 0 Å². The number of piperidine rings is 1. The topological polar surface area (TPSA) is 51.0 Å². The first-order chi connectivity index (χ1) is 15.3. The lowest BCUT2D eigenvalue weighted by molar-refractivity contribution is 0.0714. The minimum atomic E-state index is 0.0348. The summed E-state index contributed by atoms with van der Waals surface area (Å²) in [5, 5.41) is 4.76. The summed E-state index contributed by atoms with van der Waals surface area (Å²) >= 11 is 0. The minimum absolute atomic E-state index is 0.0348. The third kappa shape index (κ3) is 3.99. The molecule has 0 atom stereocenters. The van der Waals surface area contributed by atoms with Gasteiger partial charge in [-0.1, -0.05) is 48.5 Å². The number of benzene rings is 2. The molecule has 1 aliphatic heterocycles. The average molecular weight is 409 g/mol. The number of nitrogens with zero attached hydrogens (tertiary/aromatic N) is 4. The Morgan fingerprint density at radius 2 is 1.58 bits per heavy atom. The molecule has 5 nitrogen and oxygen atoms in total. The number of likely N-dealkylation sites (tertiary alicyclic amines) is 1. The SMILES string of the molecule is O=C(c1cn(-c2ccccc2)nc1-c1cccnc1)N1CCC(c2ccccc2)CC1. The number of aromatic nitrogens is 3. The smallest absolute Gasteiger partial charge is 0.257 e. The van der Waals surface area contributed by atoms with Gasteiger partial charge in [-0.15, -0.1) is 0 Å². The molecule has 2 aromatic heterocycles. The number of rotatable bonds is 4. The summed E-state index contributed by atoms with van der Waals surface area (Å²) in [4.78, 5) is 19.7. The van der Waals surface area contributed by atoms with Gasteiger partial charge in [0.05, 0.1) is 11.3 Å². The van der Waals surface area contributed by atoms with Crippen LogP contribution in [-0.4, -0.2) is 38.7 Å². The largest absolute Gasteiger partial charge is 0.338 e. The lowest BCUT2D eigenvalue weighted by Gasteiger charge is -2.32. The molecule has 4 aromatic rings. The van der Waals surface area contributed by atoms with E-state index in [2.05, 4.69) is 29.2 Å². The molecule has 1 saturated heterocycles. The van der Waals surface area contributed by atoms with Crippen LogP contribution in [0.5, 0.6) is 0 Å².